The van der Waals surface area contributed by atoms with Gasteiger partial charge in [0.25, 0.3) is 0 Å². The highest BCUT2D eigenvalue weighted by Crippen LogP contribution is 2.33. The maximum Gasteiger partial charge on any atom is 0.241 e. The Labute approximate surface area is 166 Å². The van der Waals surface area contributed by atoms with Crippen molar-refractivity contribution in [2.75, 3.05) is 5.75 Å². The van der Waals surface area contributed by atoms with Gasteiger partial charge in [-0.15, -0.1) is 11.8 Å². The Balaban J connectivity index is 1.57. The van der Waals surface area contributed by atoms with Gasteiger partial charge in [0.05, 0.1) is 11.3 Å². The van der Waals surface area contributed by atoms with Crippen LogP contribution in [0, 0.1) is 0 Å². The predicted octanol–water partition coefficient (Wildman–Crippen LogP) is 6.25. The van der Waals surface area contributed by atoms with Crippen molar-refractivity contribution < 1.29 is 4.79 Å². The minimum atomic E-state index is 0.155. The van der Waals surface area contributed by atoms with Gasteiger partial charge < -0.3 is 0 Å². The fourth-order valence-corrected chi connectivity index (χ4v) is 4.79. The first-order valence-electron chi connectivity index (χ1n) is 9.83. The molecular weight excluding hydrogens is 350 g/mol. The zero-order valence-corrected chi connectivity index (χ0v) is 17.2. The summed E-state index contributed by atoms with van der Waals surface area (Å²) in [5, 5.41) is 1.26. The fourth-order valence-electron chi connectivity index (χ4n) is 4.04. The van der Waals surface area contributed by atoms with Gasteiger partial charge in [0.15, 0.2) is 0 Å². The maximum absolute atomic E-state index is 13.1. The summed E-state index contributed by atoms with van der Waals surface area (Å²) in [4.78, 5) is 14.3. The second-order valence-corrected chi connectivity index (χ2v) is 9.49. The molecule has 0 radical (unpaired) electrons. The number of hydrogen-bond acceptors (Lipinski definition) is 2. The highest BCUT2D eigenvalue weighted by atomic mass is 32.2. The van der Waals surface area contributed by atoms with Crippen LogP contribution in [0.4, 0.5) is 0 Å². The van der Waals surface area contributed by atoms with Gasteiger partial charge in [-0.3, -0.25) is 9.36 Å². The number of thioether (sulfide) groups is 1. The first kappa shape index (κ1) is 18.4. The van der Waals surface area contributed by atoms with E-state index in [1.807, 2.05) is 10.6 Å². The minimum absolute atomic E-state index is 0.155. The molecule has 1 aliphatic rings. The lowest BCUT2D eigenvalue weighted by Crippen LogP contribution is -2.18. The van der Waals surface area contributed by atoms with Gasteiger partial charge in [0.2, 0.25) is 5.91 Å². The van der Waals surface area contributed by atoms with Crippen molar-refractivity contribution in [3.63, 3.8) is 0 Å². The molecule has 0 N–H and O–H groups in total. The van der Waals surface area contributed by atoms with E-state index in [1.165, 1.54) is 35.0 Å². The molecule has 0 amide bonds. The second-order valence-electron chi connectivity index (χ2n) is 8.44. The van der Waals surface area contributed by atoms with Crippen LogP contribution in [-0.4, -0.2) is 16.2 Å². The van der Waals surface area contributed by atoms with E-state index in [2.05, 4.69) is 63.2 Å². The SMILES string of the molecule is CC(C)(C)c1ccc(SCC(=O)n2c3c(c4ccccc42)CCCC3)cc1. The summed E-state index contributed by atoms with van der Waals surface area (Å²) >= 11 is 1.63. The zero-order valence-electron chi connectivity index (χ0n) is 16.4. The van der Waals surface area contributed by atoms with E-state index in [4.69, 9.17) is 0 Å². The number of carbonyl (C=O) groups excluding carboxylic acids is 1. The van der Waals surface area contributed by atoms with Gasteiger partial charge in [-0.1, -0.05) is 51.1 Å². The van der Waals surface area contributed by atoms with Crippen LogP contribution in [-0.2, 0) is 18.3 Å². The Bertz CT molecular complexity index is 976. The number of benzene rings is 2. The molecule has 0 atom stereocenters. The van der Waals surface area contributed by atoms with Crippen LogP contribution in [0.3, 0.4) is 0 Å². The summed E-state index contributed by atoms with van der Waals surface area (Å²) in [7, 11) is 0. The van der Waals surface area contributed by atoms with Gasteiger partial charge in [-0.05, 0) is 60.4 Å². The molecular formula is C24H27NOS. The number of para-hydroxylation sites is 1. The van der Waals surface area contributed by atoms with Gasteiger partial charge in [-0.2, -0.15) is 0 Å². The normalized spacial score (nSPS) is 14.3. The lowest BCUT2D eigenvalue weighted by atomic mass is 9.87. The molecule has 140 valence electrons. The summed E-state index contributed by atoms with van der Waals surface area (Å²) in [6, 6.07) is 17.0. The third-order valence-corrected chi connectivity index (χ3v) is 6.51. The Morgan fingerprint density at radius 1 is 1.00 bits per heavy atom. The number of nitrogens with zero attached hydrogens (tertiary/aromatic N) is 1. The van der Waals surface area contributed by atoms with E-state index >= 15 is 0 Å². The van der Waals surface area contributed by atoms with Gasteiger partial charge in [0.1, 0.15) is 0 Å². The summed E-state index contributed by atoms with van der Waals surface area (Å²) < 4.78 is 2.00. The molecule has 2 aromatic carbocycles. The van der Waals surface area contributed by atoms with Crippen LogP contribution in [0.2, 0.25) is 0 Å². The average molecular weight is 378 g/mol. The van der Waals surface area contributed by atoms with Crippen molar-refractivity contribution in [3.8, 4) is 0 Å². The van der Waals surface area contributed by atoms with Crippen molar-refractivity contribution in [2.45, 2.75) is 56.8 Å². The summed E-state index contributed by atoms with van der Waals surface area (Å²) in [5.41, 5.74) is 5.20. The number of hydrogen-bond donors (Lipinski definition) is 0. The Hall–Kier alpha value is -2.00. The molecule has 3 aromatic rings. The number of fused-ring (bicyclic) bond motifs is 3. The lowest BCUT2D eigenvalue weighted by molar-refractivity contribution is 0.0943. The van der Waals surface area contributed by atoms with Crippen LogP contribution in [0.5, 0.6) is 0 Å². The summed E-state index contributed by atoms with van der Waals surface area (Å²) in [5.74, 6) is 0.666. The zero-order chi connectivity index (χ0) is 19.0. The smallest absolute Gasteiger partial charge is 0.241 e. The van der Waals surface area contributed by atoms with Crippen molar-refractivity contribution >= 4 is 28.6 Å². The molecule has 0 saturated heterocycles. The molecule has 27 heavy (non-hydrogen) atoms. The second kappa shape index (κ2) is 7.20. The largest absolute Gasteiger partial charge is 0.283 e. The molecule has 0 aliphatic heterocycles. The molecule has 0 fully saturated rings. The van der Waals surface area contributed by atoms with Crippen LogP contribution >= 0.6 is 11.8 Å². The molecule has 1 heterocycles. The molecule has 3 heteroatoms. The number of aromatic nitrogens is 1. The topological polar surface area (TPSA) is 22.0 Å². The monoisotopic (exact) mass is 377 g/mol. The van der Waals surface area contributed by atoms with Gasteiger partial charge >= 0.3 is 0 Å². The number of carbonyl (C=O) groups is 1. The van der Waals surface area contributed by atoms with E-state index in [1.54, 1.807) is 11.8 Å². The Morgan fingerprint density at radius 3 is 2.44 bits per heavy atom. The van der Waals surface area contributed by atoms with Gasteiger partial charge in [-0.25, -0.2) is 0 Å². The third kappa shape index (κ3) is 3.58. The molecule has 0 unspecified atom stereocenters. The highest BCUT2D eigenvalue weighted by molar-refractivity contribution is 8.00. The predicted molar refractivity (Wildman–Crippen MR) is 115 cm³/mol. The van der Waals surface area contributed by atoms with E-state index in [0.29, 0.717) is 5.75 Å². The quantitative estimate of drug-likeness (QED) is 0.503. The highest BCUT2D eigenvalue weighted by Gasteiger charge is 2.23. The van der Waals surface area contributed by atoms with E-state index < -0.39 is 0 Å². The number of aryl methyl sites for hydroxylation is 1. The van der Waals surface area contributed by atoms with Crippen molar-refractivity contribution in [2.24, 2.45) is 0 Å². The Morgan fingerprint density at radius 2 is 1.70 bits per heavy atom. The van der Waals surface area contributed by atoms with Crippen LogP contribution < -0.4 is 0 Å². The van der Waals surface area contributed by atoms with Crippen LogP contribution in [0.15, 0.2) is 53.4 Å². The first-order valence-corrected chi connectivity index (χ1v) is 10.8. The molecule has 1 aromatic heterocycles. The van der Waals surface area contributed by atoms with Crippen molar-refractivity contribution in [1.29, 1.82) is 0 Å². The van der Waals surface area contributed by atoms with E-state index in [9.17, 15) is 4.79 Å². The third-order valence-electron chi connectivity index (χ3n) is 5.51. The first-order chi connectivity index (χ1) is 12.9. The van der Waals surface area contributed by atoms with Crippen molar-refractivity contribution in [3.05, 3.63) is 65.4 Å². The average Bonchev–Trinajstić information content (AvgIpc) is 3.00. The maximum atomic E-state index is 13.1. The van der Waals surface area contributed by atoms with E-state index in [0.717, 1.165) is 23.3 Å². The van der Waals surface area contributed by atoms with Crippen molar-refractivity contribution in [1.82, 2.24) is 4.57 Å². The lowest BCUT2D eigenvalue weighted by Gasteiger charge is -2.19. The molecule has 0 bridgehead atoms. The number of rotatable bonds is 3. The van der Waals surface area contributed by atoms with Crippen LogP contribution in [0.1, 0.15) is 55.2 Å². The Kier molecular flexibility index (Phi) is 4.90. The van der Waals surface area contributed by atoms with Gasteiger partial charge in [0, 0.05) is 16.0 Å². The standard InChI is InChI=1S/C24H27NOS/c1-24(2,3)17-12-14-18(15-13-17)27-16-23(26)25-21-10-6-4-8-19(21)20-9-5-7-11-22(20)25/h4,6,8,10,12-15H,5,7,9,11,16H2,1-3H3. The summed E-state index contributed by atoms with van der Waals surface area (Å²) in [6.45, 7) is 6.66. The minimum Gasteiger partial charge on any atom is -0.283 e. The molecule has 1 aliphatic carbocycles. The molecule has 0 saturated carbocycles. The fraction of sp³-hybridized carbons (Fsp3) is 0.375. The summed E-state index contributed by atoms with van der Waals surface area (Å²) in [6.07, 6.45) is 4.51. The molecule has 2 nitrogen and oxygen atoms in total. The van der Waals surface area contributed by atoms with E-state index in [-0.39, 0.29) is 11.3 Å². The van der Waals surface area contributed by atoms with Crippen LogP contribution in [0.25, 0.3) is 10.9 Å². The molecule has 4 rings (SSSR count). The molecule has 0 spiro atoms.